The van der Waals surface area contributed by atoms with Crippen LogP contribution in [0.5, 0.6) is 0 Å². The maximum Gasteiger partial charge on any atom is 0.410 e. The number of thiophene rings is 1. The topological polar surface area (TPSA) is 108 Å². The molecule has 0 saturated heterocycles. The highest BCUT2D eigenvalue weighted by molar-refractivity contribution is 8.00. The van der Waals surface area contributed by atoms with Gasteiger partial charge in [-0.3, -0.25) is 4.79 Å². The van der Waals surface area contributed by atoms with Crippen LogP contribution in [0.3, 0.4) is 0 Å². The van der Waals surface area contributed by atoms with Gasteiger partial charge in [0.05, 0.1) is 12.1 Å². The van der Waals surface area contributed by atoms with Crippen molar-refractivity contribution in [1.29, 1.82) is 5.26 Å². The number of nitrogens with two attached hydrogens (primary N) is 1. The first kappa shape index (κ1) is 25.6. The molecule has 3 aromatic rings. The molecule has 1 aliphatic heterocycles. The number of rotatable bonds is 5. The first-order chi connectivity index (χ1) is 17.1. The molecule has 0 bridgehead atoms. The van der Waals surface area contributed by atoms with E-state index in [0.29, 0.717) is 35.8 Å². The maximum absolute atomic E-state index is 13.6. The summed E-state index contributed by atoms with van der Waals surface area (Å²) in [5, 5.41) is 12.9. The summed E-state index contributed by atoms with van der Waals surface area (Å²) in [4.78, 5) is 29.5. The van der Waals surface area contributed by atoms with Crippen molar-refractivity contribution in [2.24, 2.45) is 0 Å². The molecule has 1 aromatic heterocycles. The molecule has 3 N–H and O–H groups in total. The molecule has 1 unspecified atom stereocenters. The van der Waals surface area contributed by atoms with Crippen LogP contribution < -0.4 is 11.1 Å². The zero-order chi connectivity index (χ0) is 25.9. The SMILES string of the molecule is CC(C)(C)OC(=O)N1CCc2c(sc(NC(=O)C(Sc3cccc(N)c3)c3ccccc3)c2C#N)C1. The molecular formula is C27H28N4O3S2. The average Bonchev–Trinajstić information content (AvgIpc) is 3.18. The molecule has 0 fully saturated rings. The van der Waals surface area contributed by atoms with Crippen LogP contribution in [0.2, 0.25) is 0 Å². The Morgan fingerprint density at radius 1 is 1.19 bits per heavy atom. The second-order valence-corrected chi connectivity index (χ2v) is 11.7. The van der Waals surface area contributed by atoms with E-state index >= 15 is 0 Å². The Bertz CT molecular complexity index is 1310. The van der Waals surface area contributed by atoms with Crippen LogP contribution in [0, 0.1) is 11.3 Å². The van der Waals surface area contributed by atoms with Crippen molar-refractivity contribution < 1.29 is 14.3 Å². The van der Waals surface area contributed by atoms with E-state index in [1.54, 1.807) is 11.0 Å². The van der Waals surface area contributed by atoms with E-state index in [1.807, 2.05) is 69.3 Å². The van der Waals surface area contributed by atoms with Gasteiger partial charge in [-0.25, -0.2) is 4.79 Å². The second kappa shape index (κ2) is 10.6. The van der Waals surface area contributed by atoms with E-state index in [-0.39, 0.29) is 12.0 Å². The molecule has 0 saturated carbocycles. The summed E-state index contributed by atoms with van der Waals surface area (Å²) in [6, 6.07) is 19.2. The van der Waals surface area contributed by atoms with Gasteiger partial charge in [0.2, 0.25) is 5.91 Å². The normalized spacial score (nSPS) is 13.9. The minimum absolute atomic E-state index is 0.229. The number of nitrogens with one attached hydrogen (secondary N) is 1. The first-order valence-electron chi connectivity index (χ1n) is 11.5. The lowest BCUT2D eigenvalue weighted by atomic mass is 10.0. The molecule has 2 heterocycles. The fourth-order valence-electron chi connectivity index (χ4n) is 3.89. The zero-order valence-corrected chi connectivity index (χ0v) is 22.0. The number of nitriles is 1. The molecule has 7 nitrogen and oxygen atoms in total. The number of ether oxygens (including phenoxy) is 1. The number of fused-ring (bicyclic) bond motifs is 1. The first-order valence-corrected chi connectivity index (χ1v) is 13.2. The van der Waals surface area contributed by atoms with Crippen molar-refractivity contribution in [2.75, 3.05) is 17.6 Å². The Hall–Kier alpha value is -3.48. The number of hydrogen-bond donors (Lipinski definition) is 2. The smallest absolute Gasteiger partial charge is 0.410 e. The monoisotopic (exact) mass is 520 g/mol. The van der Waals surface area contributed by atoms with Crippen molar-refractivity contribution in [1.82, 2.24) is 4.90 Å². The van der Waals surface area contributed by atoms with Gasteiger partial charge in [0.1, 0.15) is 21.9 Å². The summed E-state index contributed by atoms with van der Waals surface area (Å²) in [5.41, 5.74) is 8.18. The lowest BCUT2D eigenvalue weighted by Gasteiger charge is -2.29. The number of carbonyl (C=O) groups excluding carboxylic acids is 2. The van der Waals surface area contributed by atoms with E-state index in [2.05, 4.69) is 11.4 Å². The Morgan fingerprint density at radius 2 is 1.94 bits per heavy atom. The van der Waals surface area contributed by atoms with Gasteiger partial charge in [0.15, 0.2) is 0 Å². The molecule has 0 spiro atoms. The number of thioether (sulfide) groups is 1. The van der Waals surface area contributed by atoms with Gasteiger partial charge in [-0.15, -0.1) is 23.1 Å². The summed E-state index contributed by atoms with van der Waals surface area (Å²) in [7, 11) is 0. The number of amides is 2. The van der Waals surface area contributed by atoms with Crippen molar-refractivity contribution in [3.05, 3.63) is 76.2 Å². The van der Waals surface area contributed by atoms with E-state index in [0.717, 1.165) is 20.9 Å². The molecule has 2 amide bonds. The fourth-order valence-corrected chi connectivity index (χ4v) is 6.20. The predicted octanol–water partition coefficient (Wildman–Crippen LogP) is 5.97. The minimum atomic E-state index is -0.586. The van der Waals surface area contributed by atoms with E-state index in [4.69, 9.17) is 10.5 Å². The third-order valence-electron chi connectivity index (χ3n) is 5.51. The zero-order valence-electron chi connectivity index (χ0n) is 20.4. The maximum atomic E-state index is 13.6. The van der Waals surface area contributed by atoms with Gasteiger partial charge >= 0.3 is 6.09 Å². The molecule has 1 atom stereocenters. The largest absolute Gasteiger partial charge is 0.444 e. The highest BCUT2D eigenvalue weighted by Crippen LogP contribution is 2.40. The Labute approximate surface area is 219 Å². The van der Waals surface area contributed by atoms with Gasteiger partial charge in [-0.2, -0.15) is 5.26 Å². The summed E-state index contributed by atoms with van der Waals surface area (Å²) in [6.45, 7) is 6.30. The molecule has 0 radical (unpaired) electrons. The number of carbonyl (C=O) groups is 2. The summed E-state index contributed by atoms with van der Waals surface area (Å²) >= 11 is 2.74. The molecule has 36 heavy (non-hydrogen) atoms. The van der Waals surface area contributed by atoms with Gasteiger partial charge < -0.3 is 20.7 Å². The number of hydrogen-bond acceptors (Lipinski definition) is 7. The number of nitrogens with zero attached hydrogens (tertiary/aromatic N) is 2. The van der Waals surface area contributed by atoms with Gasteiger partial charge in [0, 0.05) is 22.0 Å². The third-order valence-corrected chi connectivity index (χ3v) is 7.89. The number of nitrogen functional groups attached to an aromatic ring is 1. The molecule has 4 rings (SSSR count). The molecular weight excluding hydrogens is 492 g/mol. The van der Waals surface area contributed by atoms with E-state index in [1.165, 1.54) is 23.1 Å². The van der Waals surface area contributed by atoms with Crippen LogP contribution in [-0.2, 0) is 22.5 Å². The Morgan fingerprint density at radius 3 is 2.61 bits per heavy atom. The quantitative estimate of drug-likeness (QED) is 0.317. The van der Waals surface area contributed by atoms with Crippen LogP contribution >= 0.6 is 23.1 Å². The van der Waals surface area contributed by atoms with Crippen LogP contribution in [0.1, 0.15) is 47.6 Å². The number of benzene rings is 2. The van der Waals surface area contributed by atoms with Gasteiger partial charge in [-0.05, 0) is 56.5 Å². The van der Waals surface area contributed by atoms with Crippen molar-refractivity contribution >= 4 is 45.8 Å². The molecule has 0 aliphatic carbocycles. The van der Waals surface area contributed by atoms with Gasteiger partial charge in [0.25, 0.3) is 0 Å². The summed E-state index contributed by atoms with van der Waals surface area (Å²) < 4.78 is 5.51. The summed E-state index contributed by atoms with van der Waals surface area (Å²) in [6.07, 6.45) is 0.151. The predicted molar refractivity (Wildman–Crippen MR) is 144 cm³/mol. The van der Waals surface area contributed by atoms with Crippen molar-refractivity contribution in [2.45, 2.75) is 49.5 Å². The van der Waals surface area contributed by atoms with Crippen molar-refractivity contribution in [3.63, 3.8) is 0 Å². The average molecular weight is 521 g/mol. The van der Waals surface area contributed by atoms with Crippen LogP contribution in [0.25, 0.3) is 0 Å². The molecule has 2 aromatic carbocycles. The van der Waals surface area contributed by atoms with Crippen molar-refractivity contribution in [3.8, 4) is 6.07 Å². The lowest BCUT2D eigenvalue weighted by Crippen LogP contribution is -2.39. The van der Waals surface area contributed by atoms with E-state index in [9.17, 15) is 14.9 Å². The fraction of sp³-hybridized carbons (Fsp3) is 0.296. The second-order valence-electron chi connectivity index (χ2n) is 9.44. The highest BCUT2D eigenvalue weighted by Gasteiger charge is 2.31. The Kier molecular flexibility index (Phi) is 7.57. The van der Waals surface area contributed by atoms with Gasteiger partial charge in [-0.1, -0.05) is 36.4 Å². The van der Waals surface area contributed by atoms with Crippen LogP contribution in [-0.4, -0.2) is 29.0 Å². The minimum Gasteiger partial charge on any atom is -0.444 e. The molecule has 186 valence electrons. The van der Waals surface area contributed by atoms with E-state index < -0.39 is 10.9 Å². The molecule has 1 aliphatic rings. The molecule has 9 heteroatoms. The third kappa shape index (κ3) is 6.01. The summed E-state index contributed by atoms with van der Waals surface area (Å²) in [5.74, 6) is -0.229. The standard InChI is InChI=1S/C27H28N4O3S2/c1-27(2,3)34-26(33)31-13-12-20-21(15-28)25(36-22(20)16-31)30-24(32)23(17-8-5-4-6-9-17)35-19-11-7-10-18(29)14-19/h4-11,14,23H,12-13,16,29H2,1-3H3,(H,30,32). The highest BCUT2D eigenvalue weighted by atomic mass is 32.2. The van der Waals surface area contributed by atoms with Crippen LogP contribution in [0.4, 0.5) is 15.5 Å². The Balaban J connectivity index is 1.58. The number of anilines is 2. The lowest BCUT2D eigenvalue weighted by molar-refractivity contribution is -0.115. The van der Waals surface area contributed by atoms with Crippen LogP contribution in [0.15, 0.2) is 59.5 Å².